The zero-order valence-corrected chi connectivity index (χ0v) is 10.6. The van der Waals surface area contributed by atoms with Gasteiger partial charge in [-0.15, -0.1) is 0 Å². The number of nitrogens with one attached hydrogen (secondary N) is 1. The molecule has 4 nitrogen and oxygen atoms in total. The molecule has 3 N–H and O–H groups in total. The van der Waals surface area contributed by atoms with Gasteiger partial charge in [0, 0.05) is 18.7 Å². The van der Waals surface area contributed by atoms with Gasteiger partial charge in [0.2, 0.25) is 0 Å². The van der Waals surface area contributed by atoms with Crippen molar-refractivity contribution in [3.8, 4) is 0 Å². The molecule has 1 aliphatic carbocycles. The second-order valence-electron chi connectivity index (χ2n) is 5.41. The second-order valence-corrected chi connectivity index (χ2v) is 5.41. The molecule has 4 heteroatoms. The van der Waals surface area contributed by atoms with Gasteiger partial charge >= 0.3 is 0 Å². The smallest absolute Gasteiger partial charge is 0.0897 e. The maximum atomic E-state index is 9.66. The van der Waals surface area contributed by atoms with Crippen LogP contribution in [0.15, 0.2) is 0 Å². The summed E-state index contributed by atoms with van der Waals surface area (Å²) in [6.07, 6.45) is 1.58. The van der Waals surface area contributed by atoms with Crippen LogP contribution >= 0.6 is 0 Å². The largest absolute Gasteiger partial charge is 0.392 e. The minimum Gasteiger partial charge on any atom is -0.392 e. The van der Waals surface area contributed by atoms with Gasteiger partial charge in [-0.05, 0) is 39.5 Å². The summed E-state index contributed by atoms with van der Waals surface area (Å²) in [4.78, 5) is 0. The van der Waals surface area contributed by atoms with Crippen molar-refractivity contribution < 1.29 is 14.9 Å². The SMILES string of the molecule is CC(O)C(C)(C)NCC(O)COCC1CC1. The first kappa shape index (κ1) is 13.9. The van der Waals surface area contributed by atoms with Crippen LogP contribution in [0.2, 0.25) is 0 Å². The molecule has 16 heavy (non-hydrogen) atoms. The van der Waals surface area contributed by atoms with Crippen LogP contribution in [0.4, 0.5) is 0 Å². The molecule has 1 aliphatic rings. The van der Waals surface area contributed by atoms with E-state index in [0.717, 1.165) is 12.5 Å². The van der Waals surface area contributed by atoms with Crippen LogP contribution in [0.25, 0.3) is 0 Å². The van der Waals surface area contributed by atoms with E-state index in [9.17, 15) is 10.2 Å². The van der Waals surface area contributed by atoms with E-state index in [-0.39, 0.29) is 5.54 Å². The number of hydrogen-bond acceptors (Lipinski definition) is 4. The van der Waals surface area contributed by atoms with E-state index in [1.807, 2.05) is 13.8 Å². The Bertz CT molecular complexity index is 202. The number of aliphatic hydroxyl groups excluding tert-OH is 2. The summed E-state index contributed by atoms with van der Waals surface area (Å²) in [5, 5.41) is 22.3. The summed E-state index contributed by atoms with van der Waals surface area (Å²) >= 11 is 0. The minimum atomic E-state index is -0.503. The Hall–Kier alpha value is -0.160. The molecule has 0 spiro atoms. The van der Waals surface area contributed by atoms with Crippen molar-refractivity contribution in [3.63, 3.8) is 0 Å². The van der Waals surface area contributed by atoms with Crippen molar-refractivity contribution in [2.24, 2.45) is 5.92 Å². The lowest BCUT2D eigenvalue weighted by molar-refractivity contribution is 0.0214. The van der Waals surface area contributed by atoms with Crippen molar-refractivity contribution in [2.75, 3.05) is 19.8 Å². The van der Waals surface area contributed by atoms with Gasteiger partial charge in [0.25, 0.3) is 0 Å². The molecule has 0 saturated heterocycles. The molecule has 0 aromatic carbocycles. The summed E-state index contributed by atoms with van der Waals surface area (Å²) in [5.74, 6) is 0.731. The van der Waals surface area contributed by atoms with Gasteiger partial charge in [-0.1, -0.05) is 0 Å². The van der Waals surface area contributed by atoms with Gasteiger partial charge in [0.15, 0.2) is 0 Å². The van der Waals surface area contributed by atoms with E-state index in [2.05, 4.69) is 5.32 Å². The number of β-amino-alcohol motifs (C(OH)–C–C–N with tert-alkyl or cyclic N) is 1. The molecule has 1 fully saturated rings. The van der Waals surface area contributed by atoms with E-state index in [0.29, 0.717) is 13.2 Å². The average molecular weight is 231 g/mol. The summed E-state index contributed by atoms with van der Waals surface area (Å²) in [7, 11) is 0. The average Bonchev–Trinajstić information content (AvgIpc) is 2.98. The Morgan fingerprint density at radius 3 is 2.50 bits per heavy atom. The molecule has 2 atom stereocenters. The van der Waals surface area contributed by atoms with Crippen LogP contribution in [0.5, 0.6) is 0 Å². The highest BCUT2D eigenvalue weighted by Crippen LogP contribution is 2.28. The number of hydrogen-bond donors (Lipinski definition) is 3. The Kier molecular flexibility index (Phi) is 5.18. The molecule has 0 heterocycles. The van der Waals surface area contributed by atoms with Gasteiger partial charge in [-0.2, -0.15) is 0 Å². The molecule has 0 aromatic heterocycles. The third-order valence-electron chi connectivity index (χ3n) is 3.20. The Morgan fingerprint density at radius 1 is 1.38 bits per heavy atom. The summed E-state index contributed by atoms with van der Waals surface area (Å²) < 4.78 is 5.39. The highest BCUT2D eigenvalue weighted by Gasteiger charge is 2.25. The fraction of sp³-hybridized carbons (Fsp3) is 1.00. The van der Waals surface area contributed by atoms with Gasteiger partial charge in [0.1, 0.15) is 0 Å². The molecular weight excluding hydrogens is 206 g/mol. The normalized spacial score (nSPS) is 20.8. The van der Waals surface area contributed by atoms with E-state index in [4.69, 9.17) is 4.74 Å². The summed E-state index contributed by atoms with van der Waals surface area (Å²) in [6, 6.07) is 0. The maximum absolute atomic E-state index is 9.66. The van der Waals surface area contributed by atoms with E-state index in [1.54, 1.807) is 6.92 Å². The minimum absolute atomic E-state index is 0.374. The number of aliphatic hydroxyl groups is 2. The molecule has 1 rings (SSSR count). The highest BCUT2D eigenvalue weighted by atomic mass is 16.5. The van der Waals surface area contributed by atoms with Crippen molar-refractivity contribution in [1.29, 1.82) is 0 Å². The lowest BCUT2D eigenvalue weighted by Gasteiger charge is -2.30. The molecule has 0 bridgehead atoms. The lowest BCUT2D eigenvalue weighted by Crippen LogP contribution is -2.51. The third-order valence-corrected chi connectivity index (χ3v) is 3.20. The maximum Gasteiger partial charge on any atom is 0.0897 e. The van der Waals surface area contributed by atoms with Crippen LogP contribution in [0, 0.1) is 5.92 Å². The summed E-state index contributed by atoms with van der Waals surface area (Å²) in [5.41, 5.74) is -0.378. The molecule has 0 aliphatic heterocycles. The summed E-state index contributed by atoms with van der Waals surface area (Å²) in [6.45, 7) is 7.16. The fourth-order valence-corrected chi connectivity index (χ4v) is 1.24. The molecule has 0 amide bonds. The van der Waals surface area contributed by atoms with Crippen molar-refractivity contribution in [3.05, 3.63) is 0 Å². The molecule has 1 saturated carbocycles. The fourth-order valence-electron chi connectivity index (χ4n) is 1.24. The first-order valence-corrected chi connectivity index (χ1v) is 6.10. The lowest BCUT2D eigenvalue weighted by atomic mass is 9.99. The monoisotopic (exact) mass is 231 g/mol. The number of rotatable bonds is 8. The van der Waals surface area contributed by atoms with E-state index in [1.165, 1.54) is 12.8 Å². The Morgan fingerprint density at radius 2 is 2.00 bits per heavy atom. The topological polar surface area (TPSA) is 61.7 Å². The van der Waals surface area contributed by atoms with Gasteiger partial charge in [-0.25, -0.2) is 0 Å². The standard InChI is InChI=1S/C12H25NO3/c1-9(14)12(2,3)13-6-11(15)8-16-7-10-4-5-10/h9-11,13-15H,4-8H2,1-3H3. The van der Waals surface area contributed by atoms with Crippen LogP contribution in [-0.2, 0) is 4.74 Å². The molecule has 2 unspecified atom stereocenters. The zero-order valence-electron chi connectivity index (χ0n) is 10.6. The van der Waals surface area contributed by atoms with Gasteiger partial charge < -0.3 is 20.3 Å². The van der Waals surface area contributed by atoms with E-state index < -0.39 is 12.2 Å². The van der Waals surface area contributed by atoms with Crippen molar-refractivity contribution >= 4 is 0 Å². The van der Waals surface area contributed by atoms with Crippen molar-refractivity contribution in [2.45, 2.75) is 51.4 Å². The van der Waals surface area contributed by atoms with Crippen LogP contribution in [-0.4, -0.2) is 47.7 Å². The molecule has 0 aromatic rings. The first-order valence-electron chi connectivity index (χ1n) is 6.10. The zero-order chi connectivity index (χ0) is 12.2. The Balaban J connectivity index is 2.05. The van der Waals surface area contributed by atoms with Crippen LogP contribution in [0.3, 0.4) is 0 Å². The third kappa shape index (κ3) is 5.25. The molecule has 96 valence electrons. The number of ether oxygens (including phenoxy) is 1. The van der Waals surface area contributed by atoms with Gasteiger partial charge in [0.05, 0.1) is 18.8 Å². The molecular formula is C12H25NO3. The Labute approximate surface area is 98.0 Å². The predicted molar refractivity (Wildman–Crippen MR) is 63.3 cm³/mol. The molecule has 0 radical (unpaired) electrons. The predicted octanol–water partition coefficient (Wildman–Crippen LogP) is 0.523. The quantitative estimate of drug-likeness (QED) is 0.570. The first-order chi connectivity index (χ1) is 7.42. The second kappa shape index (κ2) is 5.96. The highest BCUT2D eigenvalue weighted by molar-refractivity contribution is 4.84. The van der Waals surface area contributed by atoms with E-state index >= 15 is 0 Å². The van der Waals surface area contributed by atoms with Crippen LogP contribution in [0.1, 0.15) is 33.6 Å². The van der Waals surface area contributed by atoms with Gasteiger partial charge in [-0.3, -0.25) is 0 Å². The van der Waals surface area contributed by atoms with Crippen LogP contribution < -0.4 is 5.32 Å². The van der Waals surface area contributed by atoms with Crippen molar-refractivity contribution in [1.82, 2.24) is 5.32 Å².